The minimum Gasteiger partial charge on any atom is -0.324 e. The summed E-state index contributed by atoms with van der Waals surface area (Å²) in [4.78, 5) is 25.4. The van der Waals surface area contributed by atoms with Crippen LogP contribution in [-0.2, 0) is 9.59 Å². The maximum absolute atomic E-state index is 12.2. The van der Waals surface area contributed by atoms with Gasteiger partial charge in [-0.15, -0.1) is 0 Å². The number of para-hydroxylation sites is 2. The molecule has 2 aromatic rings. The van der Waals surface area contributed by atoms with Crippen LogP contribution < -0.4 is 10.2 Å². The fraction of sp³-hybridized carbons (Fsp3) is 0.176. The van der Waals surface area contributed by atoms with Crippen molar-refractivity contribution in [2.75, 3.05) is 16.8 Å². The molecule has 0 aliphatic rings. The second kappa shape index (κ2) is 7.09. The van der Waals surface area contributed by atoms with Crippen LogP contribution in [0, 0.1) is 6.92 Å². The lowest BCUT2D eigenvalue weighted by molar-refractivity contribution is -0.120. The van der Waals surface area contributed by atoms with E-state index in [1.54, 1.807) is 24.3 Å². The highest BCUT2D eigenvalue weighted by Crippen LogP contribution is 2.25. The number of hydrogen-bond acceptors (Lipinski definition) is 2. The minimum atomic E-state index is -0.274. The van der Waals surface area contributed by atoms with Crippen molar-refractivity contribution in [3.63, 3.8) is 0 Å². The molecular weight excluding hydrogens is 300 g/mol. The molecular formula is C17H17ClN2O2. The zero-order valence-electron chi connectivity index (χ0n) is 12.5. The molecule has 0 saturated heterocycles. The molecule has 0 atom stereocenters. The standard InChI is InChI=1S/C17H17ClN2O2/c1-12-7-3-5-9-15(12)19-17(22)11-20(13(2)21)16-10-6-4-8-14(16)18/h3-10H,11H2,1-2H3,(H,19,22). The number of aryl methyl sites for hydroxylation is 1. The van der Waals surface area contributed by atoms with Gasteiger partial charge < -0.3 is 10.2 Å². The van der Waals surface area contributed by atoms with E-state index < -0.39 is 0 Å². The van der Waals surface area contributed by atoms with Crippen LogP contribution in [0.25, 0.3) is 0 Å². The summed E-state index contributed by atoms with van der Waals surface area (Å²) >= 11 is 6.11. The van der Waals surface area contributed by atoms with E-state index in [9.17, 15) is 9.59 Å². The van der Waals surface area contributed by atoms with Crippen LogP contribution in [0.4, 0.5) is 11.4 Å². The minimum absolute atomic E-state index is 0.0899. The molecule has 2 amide bonds. The maximum atomic E-state index is 12.2. The molecule has 2 aromatic carbocycles. The van der Waals surface area contributed by atoms with E-state index in [2.05, 4.69) is 5.32 Å². The normalized spacial score (nSPS) is 10.1. The average molecular weight is 317 g/mol. The molecule has 0 heterocycles. The Morgan fingerprint density at radius 2 is 1.73 bits per heavy atom. The molecule has 5 heteroatoms. The zero-order valence-corrected chi connectivity index (χ0v) is 13.2. The number of nitrogens with one attached hydrogen (secondary N) is 1. The molecule has 0 aliphatic heterocycles. The van der Waals surface area contributed by atoms with Crippen molar-refractivity contribution in [2.24, 2.45) is 0 Å². The summed E-state index contributed by atoms with van der Waals surface area (Å²) in [6.07, 6.45) is 0. The van der Waals surface area contributed by atoms with Crippen molar-refractivity contribution in [1.29, 1.82) is 0 Å². The third kappa shape index (κ3) is 3.86. The average Bonchev–Trinajstić information content (AvgIpc) is 2.48. The van der Waals surface area contributed by atoms with Crippen LogP contribution in [0.2, 0.25) is 5.02 Å². The number of hydrogen-bond donors (Lipinski definition) is 1. The smallest absolute Gasteiger partial charge is 0.244 e. The quantitative estimate of drug-likeness (QED) is 0.936. The number of rotatable bonds is 4. The molecule has 0 bridgehead atoms. The van der Waals surface area contributed by atoms with Crippen LogP contribution in [0.15, 0.2) is 48.5 Å². The first-order valence-corrected chi connectivity index (χ1v) is 7.25. The zero-order chi connectivity index (χ0) is 16.1. The summed E-state index contributed by atoms with van der Waals surface area (Å²) in [6, 6.07) is 14.4. The van der Waals surface area contributed by atoms with Gasteiger partial charge in [-0.25, -0.2) is 0 Å². The Hall–Kier alpha value is -2.33. The van der Waals surface area contributed by atoms with E-state index in [0.717, 1.165) is 11.3 Å². The first-order chi connectivity index (χ1) is 10.5. The van der Waals surface area contributed by atoms with E-state index in [1.165, 1.54) is 11.8 Å². The lowest BCUT2D eigenvalue weighted by atomic mass is 10.2. The molecule has 0 spiro atoms. The van der Waals surface area contributed by atoms with Gasteiger partial charge >= 0.3 is 0 Å². The number of benzene rings is 2. The van der Waals surface area contributed by atoms with Crippen molar-refractivity contribution in [1.82, 2.24) is 0 Å². The topological polar surface area (TPSA) is 49.4 Å². The van der Waals surface area contributed by atoms with E-state index in [1.807, 2.05) is 31.2 Å². The Balaban J connectivity index is 2.15. The third-order valence-corrected chi connectivity index (χ3v) is 3.56. The number of halogens is 1. The van der Waals surface area contributed by atoms with Crippen molar-refractivity contribution in [3.05, 3.63) is 59.1 Å². The van der Waals surface area contributed by atoms with Gasteiger partial charge in [-0.3, -0.25) is 9.59 Å². The number of anilines is 2. The predicted molar refractivity (Wildman–Crippen MR) is 89.3 cm³/mol. The second-order valence-corrected chi connectivity index (χ2v) is 5.33. The number of carbonyl (C=O) groups is 2. The SMILES string of the molecule is CC(=O)N(CC(=O)Nc1ccccc1C)c1ccccc1Cl. The second-order valence-electron chi connectivity index (χ2n) is 4.92. The highest BCUT2D eigenvalue weighted by atomic mass is 35.5. The Morgan fingerprint density at radius 1 is 1.09 bits per heavy atom. The van der Waals surface area contributed by atoms with Crippen LogP contribution in [-0.4, -0.2) is 18.4 Å². The Morgan fingerprint density at radius 3 is 2.36 bits per heavy atom. The van der Waals surface area contributed by atoms with Crippen molar-refractivity contribution in [3.8, 4) is 0 Å². The first kappa shape index (κ1) is 16.0. The highest BCUT2D eigenvalue weighted by molar-refractivity contribution is 6.33. The fourth-order valence-electron chi connectivity index (χ4n) is 2.08. The molecule has 0 fully saturated rings. The molecule has 0 radical (unpaired) electrons. The van der Waals surface area contributed by atoms with Crippen LogP contribution in [0.1, 0.15) is 12.5 Å². The summed E-state index contributed by atoms with van der Waals surface area (Å²) in [5.74, 6) is -0.516. The van der Waals surface area contributed by atoms with Gasteiger partial charge in [-0.2, -0.15) is 0 Å². The summed E-state index contributed by atoms with van der Waals surface area (Å²) in [5.41, 5.74) is 2.22. The van der Waals surface area contributed by atoms with Gasteiger partial charge in [-0.1, -0.05) is 41.9 Å². The Kier molecular flexibility index (Phi) is 5.17. The molecule has 1 N–H and O–H groups in total. The predicted octanol–water partition coefficient (Wildman–Crippen LogP) is 3.64. The lowest BCUT2D eigenvalue weighted by Gasteiger charge is -2.22. The molecule has 4 nitrogen and oxygen atoms in total. The van der Waals surface area contributed by atoms with Crippen molar-refractivity contribution in [2.45, 2.75) is 13.8 Å². The summed E-state index contributed by atoms with van der Waals surface area (Å²) in [7, 11) is 0. The van der Waals surface area contributed by atoms with Gasteiger partial charge in [0.05, 0.1) is 10.7 Å². The van der Waals surface area contributed by atoms with Crippen LogP contribution >= 0.6 is 11.6 Å². The van der Waals surface area contributed by atoms with Gasteiger partial charge in [0.1, 0.15) is 6.54 Å². The highest BCUT2D eigenvalue weighted by Gasteiger charge is 2.18. The largest absolute Gasteiger partial charge is 0.324 e. The molecule has 22 heavy (non-hydrogen) atoms. The van der Waals surface area contributed by atoms with Gasteiger partial charge in [-0.05, 0) is 30.7 Å². The molecule has 0 aliphatic carbocycles. The fourth-order valence-corrected chi connectivity index (χ4v) is 2.32. The van der Waals surface area contributed by atoms with E-state index in [-0.39, 0.29) is 18.4 Å². The third-order valence-electron chi connectivity index (χ3n) is 3.24. The summed E-state index contributed by atoms with van der Waals surface area (Å²) < 4.78 is 0. The molecule has 0 unspecified atom stereocenters. The number of carbonyl (C=O) groups excluding carboxylic acids is 2. The summed E-state index contributed by atoms with van der Waals surface area (Å²) in [5, 5.41) is 3.24. The van der Waals surface area contributed by atoms with Crippen LogP contribution in [0.5, 0.6) is 0 Å². The molecule has 0 aromatic heterocycles. The van der Waals surface area contributed by atoms with Gasteiger partial charge in [0.2, 0.25) is 11.8 Å². The van der Waals surface area contributed by atoms with Gasteiger partial charge in [0, 0.05) is 12.6 Å². The maximum Gasteiger partial charge on any atom is 0.244 e. The van der Waals surface area contributed by atoms with Crippen LogP contribution in [0.3, 0.4) is 0 Å². The first-order valence-electron chi connectivity index (χ1n) is 6.87. The number of amides is 2. The molecule has 114 valence electrons. The van der Waals surface area contributed by atoms with E-state index in [0.29, 0.717) is 10.7 Å². The van der Waals surface area contributed by atoms with Crippen molar-refractivity contribution < 1.29 is 9.59 Å². The lowest BCUT2D eigenvalue weighted by Crippen LogP contribution is -2.36. The van der Waals surface area contributed by atoms with E-state index in [4.69, 9.17) is 11.6 Å². The van der Waals surface area contributed by atoms with E-state index >= 15 is 0 Å². The molecule has 2 rings (SSSR count). The van der Waals surface area contributed by atoms with Crippen molar-refractivity contribution >= 4 is 34.8 Å². The van der Waals surface area contributed by atoms with Gasteiger partial charge in [0.15, 0.2) is 0 Å². The number of nitrogens with zero attached hydrogens (tertiary/aromatic N) is 1. The van der Waals surface area contributed by atoms with Gasteiger partial charge in [0.25, 0.3) is 0 Å². The summed E-state index contributed by atoms with van der Waals surface area (Å²) in [6.45, 7) is 3.23. The molecule has 0 saturated carbocycles. The monoisotopic (exact) mass is 316 g/mol. The Bertz CT molecular complexity index is 701. The Labute approximate surface area is 134 Å².